The van der Waals surface area contributed by atoms with E-state index in [0.29, 0.717) is 6.61 Å². The van der Waals surface area contributed by atoms with E-state index in [2.05, 4.69) is 61.9 Å². The Morgan fingerprint density at radius 3 is 2.55 bits per heavy atom. The summed E-state index contributed by atoms with van der Waals surface area (Å²) in [5.74, 6) is 0.923. The van der Waals surface area contributed by atoms with Crippen LogP contribution in [0, 0.1) is 13.8 Å². The molecule has 2 heteroatoms. The van der Waals surface area contributed by atoms with Gasteiger partial charge in [0.05, 0.1) is 5.69 Å². The average Bonchev–Trinajstić information content (AvgIpc) is 2.72. The molecule has 0 saturated carbocycles. The van der Waals surface area contributed by atoms with E-state index in [1.54, 1.807) is 0 Å². The van der Waals surface area contributed by atoms with E-state index in [-0.39, 0.29) is 0 Å². The Morgan fingerprint density at radius 1 is 0.950 bits per heavy atom. The van der Waals surface area contributed by atoms with Crippen molar-refractivity contribution in [3.8, 4) is 5.75 Å². The Kier molecular flexibility index (Phi) is 3.23. The molecule has 0 unspecified atom stereocenters. The van der Waals surface area contributed by atoms with Crippen molar-refractivity contribution in [1.82, 2.24) is 4.57 Å². The molecule has 1 heterocycles. The Balaban J connectivity index is 1.86. The number of nitrogens with zero attached hydrogens (tertiary/aromatic N) is 1. The normalized spacial score (nSPS) is 10.9. The third kappa shape index (κ3) is 2.42. The number of fused-ring (bicyclic) bond motifs is 1. The molecule has 0 spiro atoms. The van der Waals surface area contributed by atoms with Crippen molar-refractivity contribution in [2.24, 2.45) is 7.05 Å². The van der Waals surface area contributed by atoms with E-state index in [9.17, 15) is 0 Å². The summed E-state index contributed by atoms with van der Waals surface area (Å²) >= 11 is 0. The first-order chi connectivity index (χ1) is 9.63. The number of hydrogen-bond acceptors (Lipinski definition) is 1. The van der Waals surface area contributed by atoms with Crippen molar-refractivity contribution in [3.63, 3.8) is 0 Å². The van der Waals surface area contributed by atoms with Crippen LogP contribution in [-0.2, 0) is 13.7 Å². The first-order valence-electron chi connectivity index (χ1n) is 6.88. The van der Waals surface area contributed by atoms with Gasteiger partial charge in [0.15, 0.2) is 0 Å². The monoisotopic (exact) mass is 265 g/mol. The minimum absolute atomic E-state index is 0.591. The highest BCUT2D eigenvalue weighted by Crippen LogP contribution is 2.22. The quantitative estimate of drug-likeness (QED) is 0.685. The van der Waals surface area contributed by atoms with Crippen LogP contribution in [0.2, 0.25) is 0 Å². The zero-order valence-electron chi connectivity index (χ0n) is 12.2. The van der Waals surface area contributed by atoms with Crippen LogP contribution >= 0.6 is 0 Å². The summed E-state index contributed by atoms with van der Waals surface area (Å²) in [5.41, 5.74) is 4.94. The summed E-state index contributed by atoms with van der Waals surface area (Å²) in [7, 11) is 2.09. The molecule has 2 aromatic carbocycles. The minimum atomic E-state index is 0.591. The van der Waals surface area contributed by atoms with Gasteiger partial charge in [0, 0.05) is 18.0 Å². The molecule has 0 saturated heterocycles. The number of rotatable bonds is 3. The van der Waals surface area contributed by atoms with Gasteiger partial charge in [-0.3, -0.25) is 0 Å². The van der Waals surface area contributed by atoms with Gasteiger partial charge < -0.3 is 9.30 Å². The van der Waals surface area contributed by atoms with Crippen LogP contribution in [0.3, 0.4) is 0 Å². The fourth-order valence-corrected chi connectivity index (χ4v) is 2.53. The van der Waals surface area contributed by atoms with Gasteiger partial charge in [-0.25, -0.2) is 0 Å². The molecule has 20 heavy (non-hydrogen) atoms. The number of aromatic nitrogens is 1. The summed E-state index contributed by atoms with van der Waals surface area (Å²) in [6, 6.07) is 16.9. The van der Waals surface area contributed by atoms with E-state index in [1.807, 2.05) is 12.1 Å². The molecule has 1 aromatic heterocycles. The first-order valence-corrected chi connectivity index (χ1v) is 6.88. The molecule has 0 aliphatic carbocycles. The van der Waals surface area contributed by atoms with Crippen LogP contribution < -0.4 is 4.74 Å². The third-order valence-electron chi connectivity index (χ3n) is 3.67. The molecule has 0 fully saturated rings. The van der Waals surface area contributed by atoms with Crippen LogP contribution in [0.25, 0.3) is 10.9 Å². The molecule has 0 bridgehead atoms. The van der Waals surface area contributed by atoms with E-state index in [4.69, 9.17) is 4.74 Å². The topological polar surface area (TPSA) is 14.2 Å². The van der Waals surface area contributed by atoms with Crippen LogP contribution in [0.15, 0.2) is 48.5 Å². The van der Waals surface area contributed by atoms with E-state index in [1.165, 1.54) is 27.7 Å². The van der Waals surface area contributed by atoms with Gasteiger partial charge in [0.2, 0.25) is 0 Å². The van der Waals surface area contributed by atoms with Gasteiger partial charge >= 0.3 is 0 Å². The Bertz CT molecular complexity index is 755. The van der Waals surface area contributed by atoms with Crippen molar-refractivity contribution in [2.75, 3.05) is 0 Å². The molecular formula is C18H19NO. The largest absolute Gasteiger partial charge is 0.487 e. The number of benzene rings is 2. The fourth-order valence-electron chi connectivity index (χ4n) is 2.53. The molecule has 0 N–H and O–H groups in total. The van der Waals surface area contributed by atoms with Crippen molar-refractivity contribution in [3.05, 3.63) is 65.4 Å². The van der Waals surface area contributed by atoms with Crippen LogP contribution in [0.1, 0.15) is 16.8 Å². The van der Waals surface area contributed by atoms with Gasteiger partial charge in [-0.05, 0) is 49.7 Å². The maximum Gasteiger partial charge on any atom is 0.128 e. The summed E-state index contributed by atoms with van der Waals surface area (Å²) in [6.45, 7) is 4.79. The summed E-state index contributed by atoms with van der Waals surface area (Å²) < 4.78 is 8.09. The standard InChI is InChI=1S/C18H19NO/c1-13-5-4-6-17(10-13)20-12-16-11-15-9-14(2)7-8-18(15)19(16)3/h4-11H,12H2,1-3H3. The molecule has 0 aliphatic rings. The minimum Gasteiger partial charge on any atom is -0.487 e. The van der Waals surface area contributed by atoms with Crippen molar-refractivity contribution in [2.45, 2.75) is 20.5 Å². The van der Waals surface area contributed by atoms with Crippen LogP contribution in [0.4, 0.5) is 0 Å². The Labute approximate surface area is 119 Å². The lowest BCUT2D eigenvalue weighted by atomic mass is 10.2. The van der Waals surface area contributed by atoms with E-state index in [0.717, 1.165) is 5.75 Å². The predicted octanol–water partition coefficient (Wildman–Crippen LogP) is 4.37. The Morgan fingerprint density at radius 2 is 1.75 bits per heavy atom. The highest BCUT2D eigenvalue weighted by Gasteiger charge is 2.06. The molecule has 102 valence electrons. The van der Waals surface area contributed by atoms with Crippen molar-refractivity contribution >= 4 is 10.9 Å². The van der Waals surface area contributed by atoms with E-state index < -0.39 is 0 Å². The second-order valence-electron chi connectivity index (χ2n) is 5.36. The lowest BCUT2D eigenvalue weighted by Crippen LogP contribution is -2.01. The third-order valence-corrected chi connectivity index (χ3v) is 3.67. The second-order valence-corrected chi connectivity index (χ2v) is 5.36. The zero-order chi connectivity index (χ0) is 14.1. The fraction of sp³-hybridized carbons (Fsp3) is 0.222. The molecule has 0 amide bonds. The Hall–Kier alpha value is -2.22. The molecule has 2 nitrogen and oxygen atoms in total. The highest BCUT2D eigenvalue weighted by molar-refractivity contribution is 5.82. The maximum atomic E-state index is 5.89. The number of hydrogen-bond donors (Lipinski definition) is 0. The van der Waals surface area contributed by atoms with E-state index >= 15 is 0 Å². The molecule has 0 atom stereocenters. The first kappa shape index (κ1) is 12.8. The van der Waals surface area contributed by atoms with Gasteiger partial charge in [-0.1, -0.05) is 23.8 Å². The number of ether oxygens (including phenoxy) is 1. The lowest BCUT2D eigenvalue weighted by molar-refractivity contribution is 0.297. The average molecular weight is 265 g/mol. The number of aryl methyl sites for hydroxylation is 3. The van der Waals surface area contributed by atoms with Crippen LogP contribution in [-0.4, -0.2) is 4.57 Å². The van der Waals surface area contributed by atoms with Crippen molar-refractivity contribution < 1.29 is 4.74 Å². The van der Waals surface area contributed by atoms with Crippen LogP contribution in [0.5, 0.6) is 5.75 Å². The van der Waals surface area contributed by atoms with Gasteiger partial charge in [-0.15, -0.1) is 0 Å². The maximum absolute atomic E-state index is 5.89. The van der Waals surface area contributed by atoms with Gasteiger partial charge in [0.25, 0.3) is 0 Å². The predicted molar refractivity (Wildman–Crippen MR) is 83.2 cm³/mol. The zero-order valence-corrected chi connectivity index (χ0v) is 12.2. The molecule has 3 aromatic rings. The van der Waals surface area contributed by atoms with Gasteiger partial charge in [-0.2, -0.15) is 0 Å². The summed E-state index contributed by atoms with van der Waals surface area (Å²) in [6.07, 6.45) is 0. The molecule has 3 rings (SSSR count). The second kappa shape index (κ2) is 5.04. The summed E-state index contributed by atoms with van der Waals surface area (Å²) in [4.78, 5) is 0. The highest BCUT2D eigenvalue weighted by atomic mass is 16.5. The van der Waals surface area contributed by atoms with Gasteiger partial charge in [0.1, 0.15) is 12.4 Å². The van der Waals surface area contributed by atoms with Crippen molar-refractivity contribution in [1.29, 1.82) is 0 Å². The molecule has 0 radical (unpaired) electrons. The molecular weight excluding hydrogens is 246 g/mol. The lowest BCUT2D eigenvalue weighted by Gasteiger charge is -2.08. The SMILES string of the molecule is Cc1cccc(OCc2cc3cc(C)ccc3n2C)c1. The molecule has 0 aliphatic heterocycles. The smallest absolute Gasteiger partial charge is 0.128 e. The summed E-state index contributed by atoms with van der Waals surface area (Å²) in [5, 5.41) is 1.27.